The van der Waals surface area contributed by atoms with Crippen LogP contribution in [0.3, 0.4) is 0 Å². The van der Waals surface area contributed by atoms with E-state index in [1.807, 2.05) is 0 Å². The number of rotatable bonds is 4. The van der Waals surface area contributed by atoms with E-state index in [1.54, 1.807) is 17.8 Å². The maximum absolute atomic E-state index is 10.7. The van der Waals surface area contributed by atoms with Gasteiger partial charge in [0.2, 0.25) is 0 Å². The maximum atomic E-state index is 10.7. The molecule has 1 aliphatic heterocycles. The summed E-state index contributed by atoms with van der Waals surface area (Å²) < 4.78 is 5.56. The van der Waals surface area contributed by atoms with E-state index >= 15 is 0 Å². The first kappa shape index (κ1) is 15.1. The Morgan fingerprint density at radius 1 is 1.55 bits per heavy atom. The molecule has 2 aromatic rings. The molecule has 0 spiro atoms. The highest BCUT2D eigenvalue weighted by atomic mass is 35.5. The number of benzene rings is 1. The molecule has 1 unspecified atom stereocenters. The van der Waals surface area contributed by atoms with Crippen LogP contribution < -0.4 is 5.32 Å². The first-order chi connectivity index (χ1) is 9.22. The third-order valence-corrected chi connectivity index (χ3v) is 4.12. The molecule has 8 heteroatoms. The van der Waals surface area contributed by atoms with Gasteiger partial charge in [-0.2, -0.15) is 0 Å². The van der Waals surface area contributed by atoms with Crippen molar-refractivity contribution >= 4 is 41.0 Å². The predicted molar refractivity (Wildman–Crippen MR) is 79.7 cm³/mol. The molecule has 1 aliphatic rings. The molecule has 108 valence electrons. The molecule has 1 atom stereocenters. The van der Waals surface area contributed by atoms with Crippen molar-refractivity contribution in [3.05, 3.63) is 28.3 Å². The Kier molecular flexibility index (Phi) is 4.85. The van der Waals surface area contributed by atoms with E-state index in [1.165, 1.54) is 25.0 Å². The van der Waals surface area contributed by atoms with Crippen molar-refractivity contribution < 1.29 is 9.34 Å². The molecule has 0 radical (unpaired) electrons. The highest BCUT2D eigenvalue weighted by molar-refractivity contribution is 7.99. The Balaban J connectivity index is 0.00000147. The third kappa shape index (κ3) is 3.23. The zero-order valence-corrected chi connectivity index (χ0v) is 12.2. The van der Waals surface area contributed by atoms with Crippen molar-refractivity contribution in [3.8, 4) is 0 Å². The zero-order valence-electron chi connectivity index (χ0n) is 10.6. The fourth-order valence-electron chi connectivity index (χ4n) is 2.14. The molecule has 0 saturated carbocycles. The summed E-state index contributed by atoms with van der Waals surface area (Å²) in [4.78, 5) is 14.5. The number of non-ortho nitro benzene ring substituents is 1. The van der Waals surface area contributed by atoms with E-state index in [0.717, 1.165) is 12.3 Å². The SMILES string of the molecule is Cl.O=[N+]([O-])c1ccc2oc(SCC3CCCN3)nc2c1. The fourth-order valence-corrected chi connectivity index (χ4v) is 3.08. The van der Waals surface area contributed by atoms with Gasteiger partial charge in [-0.15, -0.1) is 12.4 Å². The third-order valence-electron chi connectivity index (χ3n) is 3.13. The Bertz CT molecular complexity index is 613. The zero-order chi connectivity index (χ0) is 13.2. The first-order valence-electron chi connectivity index (χ1n) is 6.13. The molecule has 1 aromatic heterocycles. The van der Waals surface area contributed by atoms with Crippen LogP contribution in [0.15, 0.2) is 27.8 Å². The molecule has 0 bridgehead atoms. The minimum atomic E-state index is -0.427. The number of fused-ring (bicyclic) bond motifs is 1. The lowest BCUT2D eigenvalue weighted by molar-refractivity contribution is -0.384. The summed E-state index contributed by atoms with van der Waals surface area (Å²) in [6.07, 6.45) is 2.39. The summed E-state index contributed by atoms with van der Waals surface area (Å²) in [6.45, 7) is 1.07. The van der Waals surface area contributed by atoms with E-state index in [-0.39, 0.29) is 18.1 Å². The quantitative estimate of drug-likeness (QED) is 0.530. The smallest absolute Gasteiger partial charge is 0.271 e. The summed E-state index contributed by atoms with van der Waals surface area (Å²) in [5, 5.41) is 14.7. The number of hydrogen-bond donors (Lipinski definition) is 1. The van der Waals surface area contributed by atoms with Crippen molar-refractivity contribution in [1.29, 1.82) is 0 Å². The van der Waals surface area contributed by atoms with Crippen molar-refractivity contribution in [2.45, 2.75) is 24.1 Å². The minimum Gasteiger partial charge on any atom is -0.431 e. The monoisotopic (exact) mass is 315 g/mol. The van der Waals surface area contributed by atoms with Crippen LogP contribution in [0.5, 0.6) is 0 Å². The van der Waals surface area contributed by atoms with Gasteiger partial charge in [0.25, 0.3) is 10.9 Å². The summed E-state index contributed by atoms with van der Waals surface area (Å²) in [5.41, 5.74) is 1.17. The van der Waals surface area contributed by atoms with Gasteiger partial charge in [0.05, 0.1) is 4.92 Å². The first-order valence-corrected chi connectivity index (χ1v) is 7.12. The van der Waals surface area contributed by atoms with Crippen LogP contribution in [0.2, 0.25) is 0 Å². The Hall–Kier alpha value is -1.31. The minimum absolute atomic E-state index is 0. The van der Waals surface area contributed by atoms with Gasteiger partial charge in [-0.25, -0.2) is 4.98 Å². The van der Waals surface area contributed by atoms with Gasteiger partial charge in [0, 0.05) is 23.9 Å². The number of hydrogen-bond acceptors (Lipinski definition) is 6. The molecule has 6 nitrogen and oxygen atoms in total. The lowest BCUT2D eigenvalue weighted by Gasteiger charge is -2.06. The fraction of sp³-hybridized carbons (Fsp3) is 0.417. The number of thioether (sulfide) groups is 1. The normalized spacial score (nSPS) is 18.1. The topological polar surface area (TPSA) is 81.2 Å². The van der Waals surface area contributed by atoms with E-state index < -0.39 is 4.92 Å². The van der Waals surface area contributed by atoms with Gasteiger partial charge in [-0.1, -0.05) is 11.8 Å². The number of aromatic nitrogens is 1. The van der Waals surface area contributed by atoms with Gasteiger partial charge in [0.1, 0.15) is 5.52 Å². The van der Waals surface area contributed by atoms with E-state index in [4.69, 9.17) is 4.42 Å². The van der Waals surface area contributed by atoms with Crippen LogP contribution >= 0.6 is 24.2 Å². The molecule has 0 amide bonds. The second-order valence-corrected chi connectivity index (χ2v) is 5.46. The van der Waals surface area contributed by atoms with Crippen LogP contribution in [-0.2, 0) is 0 Å². The van der Waals surface area contributed by atoms with Crippen molar-refractivity contribution in [2.24, 2.45) is 0 Å². The van der Waals surface area contributed by atoms with Crippen molar-refractivity contribution in [3.63, 3.8) is 0 Å². The van der Waals surface area contributed by atoms with E-state index in [2.05, 4.69) is 10.3 Å². The number of nitro benzene ring substituents is 1. The Morgan fingerprint density at radius 2 is 2.40 bits per heavy atom. The summed E-state index contributed by atoms with van der Waals surface area (Å²) in [5.74, 6) is 0.912. The number of nitro groups is 1. The van der Waals surface area contributed by atoms with Gasteiger partial charge in [0.15, 0.2) is 5.58 Å². The number of halogens is 1. The highest BCUT2D eigenvalue weighted by Crippen LogP contribution is 2.27. The predicted octanol–water partition coefficient (Wildman–Crippen LogP) is 3.00. The van der Waals surface area contributed by atoms with Crippen molar-refractivity contribution in [2.75, 3.05) is 12.3 Å². The van der Waals surface area contributed by atoms with E-state index in [0.29, 0.717) is 22.4 Å². The standard InChI is InChI=1S/C12H13N3O3S.ClH/c16-15(17)9-3-4-11-10(6-9)14-12(18-11)19-7-8-2-1-5-13-8;/h3-4,6,8,13H,1-2,5,7H2;1H. The van der Waals surface area contributed by atoms with Crippen LogP contribution in [0.25, 0.3) is 11.1 Å². The molecule has 1 fully saturated rings. The van der Waals surface area contributed by atoms with Crippen LogP contribution in [0.1, 0.15) is 12.8 Å². The second-order valence-electron chi connectivity index (χ2n) is 4.49. The molecule has 3 rings (SSSR count). The van der Waals surface area contributed by atoms with Gasteiger partial charge in [-0.3, -0.25) is 10.1 Å². The Labute approximate surface area is 125 Å². The van der Waals surface area contributed by atoms with Crippen LogP contribution in [0.4, 0.5) is 5.69 Å². The van der Waals surface area contributed by atoms with Crippen LogP contribution in [-0.4, -0.2) is 28.2 Å². The number of nitrogens with zero attached hydrogens (tertiary/aromatic N) is 2. The summed E-state index contributed by atoms with van der Waals surface area (Å²) in [7, 11) is 0. The summed E-state index contributed by atoms with van der Waals surface area (Å²) >= 11 is 1.55. The van der Waals surface area contributed by atoms with E-state index in [9.17, 15) is 10.1 Å². The van der Waals surface area contributed by atoms with Crippen molar-refractivity contribution in [1.82, 2.24) is 10.3 Å². The van der Waals surface area contributed by atoms with Gasteiger partial charge >= 0.3 is 0 Å². The molecular formula is C12H14ClN3O3S. The summed E-state index contributed by atoms with van der Waals surface area (Å²) in [6, 6.07) is 4.98. The molecular weight excluding hydrogens is 302 g/mol. The lowest BCUT2D eigenvalue weighted by atomic mass is 10.3. The molecule has 1 N–H and O–H groups in total. The lowest BCUT2D eigenvalue weighted by Crippen LogP contribution is -2.23. The molecule has 1 saturated heterocycles. The Morgan fingerprint density at radius 3 is 3.10 bits per heavy atom. The average Bonchev–Trinajstić information content (AvgIpc) is 3.04. The molecule has 0 aliphatic carbocycles. The second kappa shape index (κ2) is 6.43. The van der Waals surface area contributed by atoms with Gasteiger partial charge < -0.3 is 9.73 Å². The maximum Gasteiger partial charge on any atom is 0.271 e. The van der Waals surface area contributed by atoms with Gasteiger partial charge in [-0.05, 0) is 25.5 Å². The van der Waals surface area contributed by atoms with Crippen LogP contribution in [0, 0.1) is 10.1 Å². The number of nitrogens with one attached hydrogen (secondary N) is 1. The highest BCUT2D eigenvalue weighted by Gasteiger charge is 2.16. The molecule has 20 heavy (non-hydrogen) atoms. The molecule has 1 aromatic carbocycles. The number of oxazole rings is 1. The largest absolute Gasteiger partial charge is 0.431 e. The average molecular weight is 316 g/mol. The molecule has 2 heterocycles.